The molecule has 0 amide bonds. The maximum atomic E-state index is 8.28. The molecule has 1 heterocycles. The third-order valence-corrected chi connectivity index (χ3v) is 1.00. The highest BCUT2D eigenvalue weighted by Gasteiger charge is 2.04. The molecule has 0 fully saturated rings. The maximum Gasteiger partial charge on any atom is 0.185 e. The van der Waals surface area contributed by atoms with Crippen molar-refractivity contribution in [2.24, 2.45) is 0 Å². The lowest BCUT2D eigenvalue weighted by Gasteiger charge is -2.07. The van der Waals surface area contributed by atoms with E-state index in [4.69, 9.17) is 5.26 Å². The number of nitriles is 1. The molecule has 3 nitrogen and oxygen atoms in total. The van der Waals surface area contributed by atoms with Crippen LogP contribution in [0.25, 0.3) is 0 Å². The lowest BCUT2D eigenvalue weighted by molar-refractivity contribution is 0.373. The Morgan fingerprint density at radius 2 is 2.38 bits per heavy atom. The van der Waals surface area contributed by atoms with Crippen molar-refractivity contribution < 1.29 is 0 Å². The monoisotopic (exact) mass is 109 g/mol. The number of hydrogen-bond acceptors (Lipinski definition) is 3. The summed E-state index contributed by atoms with van der Waals surface area (Å²) >= 11 is 0. The van der Waals surface area contributed by atoms with Gasteiger partial charge < -0.3 is 4.90 Å². The summed E-state index contributed by atoms with van der Waals surface area (Å²) in [5.41, 5.74) is 0. The minimum atomic E-state index is 0.691. The van der Waals surface area contributed by atoms with E-state index in [2.05, 4.69) is 0 Å². The first-order valence-corrected chi connectivity index (χ1v) is 2.38. The van der Waals surface area contributed by atoms with Crippen LogP contribution in [0.4, 0.5) is 0 Å². The second kappa shape index (κ2) is 1.74. The molecule has 0 atom stereocenters. The van der Waals surface area contributed by atoms with Gasteiger partial charge in [0.2, 0.25) is 0 Å². The van der Waals surface area contributed by atoms with E-state index in [1.165, 1.54) is 0 Å². The summed E-state index contributed by atoms with van der Waals surface area (Å²) in [7, 11) is 1.92. The van der Waals surface area contributed by atoms with Crippen LogP contribution in [-0.2, 0) is 0 Å². The number of rotatable bonds is 0. The van der Waals surface area contributed by atoms with E-state index in [9.17, 15) is 0 Å². The van der Waals surface area contributed by atoms with Crippen LogP contribution in [0.5, 0.6) is 0 Å². The molecule has 0 aliphatic carbocycles. The van der Waals surface area contributed by atoms with Gasteiger partial charge >= 0.3 is 0 Å². The Hall–Kier alpha value is -1.17. The summed E-state index contributed by atoms with van der Waals surface area (Å²) in [5, 5.41) is 8.28. The van der Waals surface area contributed by atoms with Crippen LogP contribution >= 0.6 is 0 Å². The van der Waals surface area contributed by atoms with E-state index in [-0.39, 0.29) is 0 Å². The molecule has 0 aromatic rings. The smallest absolute Gasteiger partial charge is 0.185 e. The van der Waals surface area contributed by atoms with Gasteiger partial charge in [0.1, 0.15) is 6.67 Å². The van der Waals surface area contributed by atoms with Crippen molar-refractivity contribution in [2.45, 2.75) is 0 Å². The van der Waals surface area contributed by atoms with E-state index in [1.54, 1.807) is 11.1 Å². The molecule has 0 aromatic heterocycles. The fourth-order valence-corrected chi connectivity index (χ4v) is 0.594. The van der Waals surface area contributed by atoms with Crippen molar-refractivity contribution in [3.8, 4) is 6.19 Å². The van der Waals surface area contributed by atoms with E-state index in [0.717, 1.165) is 0 Å². The Balaban J connectivity index is 2.49. The van der Waals surface area contributed by atoms with Crippen LogP contribution in [0.2, 0.25) is 0 Å². The van der Waals surface area contributed by atoms with Crippen LogP contribution in [0.3, 0.4) is 0 Å². The van der Waals surface area contributed by atoms with Gasteiger partial charge in [-0.15, -0.1) is 0 Å². The molecule has 1 aliphatic rings. The van der Waals surface area contributed by atoms with Gasteiger partial charge in [-0.1, -0.05) is 0 Å². The molecule has 1 aliphatic heterocycles. The zero-order valence-electron chi connectivity index (χ0n) is 4.70. The lowest BCUT2D eigenvalue weighted by Crippen LogP contribution is -2.17. The molecule has 0 unspecified atom stereocenters. The molecule has 0 bridgehead atoms. The minimum absolute atomic E-state index is 0.691. The van der Waals surface area contributed by atoms with E-state index in [1.807, 2.05) is 24.3 Å². The molecule has 0 N–H and O–H groups in total. The molecule has 3 heteroatoms. The van der Waals surface area contributed by atoms with E-state index in [0.29, 0.717) is 6.67 Å². The zero-order valence-corrected chi connectivity index (χ0v) is 4.70. The molecule has 0 radical (unpaired) electrons. The first-order chi connectivity index (χ1) is 3.83. The molecule has 1 rings (SSSR count). The molecule has 42 valence electrons. The predicted octanol–water partition coefficient (Wildman–Crippen LogP) is 0.144. The van der Waals surface area contributed by atoms with Crippen molar-refractivity contribution in [1.29, 1.82) is 5.26 Å². The first kappa shape index (κ1) is 4.98. The van der Waals surface area contributed by atoms with Crippen molar-refractivity contribution in [2.75, 3.05) is 13.7 Å². The summed E-state index contributed by atoms with van der Waals surface area (Å²) < 4.78 is 0. The fraction of sp³-hybridized carbons (Fsp3) is 0.400. The Morgan fingerprint density at radius 3 is 2.62 bits per heavy atom. The summed E-state index contributed by atoms with van der Waals surface area (Å²) in [6.07, 6.45) is 5.61. The van der Waals surface area contributed by atoms with Gasteiger partial charge in [-0.05, 0) is 0 Å². The molecule has 0 spiro atoms. The predicted molar refractivity (Wildman–Crippen MR) is 29.2 cm³/mol. The highest BCUT2D eigenvalue weighted by atomic mass is 15.3. The van der Waals surface area contributed by atoms with Gasteiger partial charge in [-0.3, -0.25) is 4.90 Å². The van der Waals surface area contributed by atoms with Gasteiger partial charge in [0.15, 0.2) is 6.19 Å². The average Bonchev–Trinajstić information content (AvgIpc) is 2.14. The molecule has 8 heavy (non-hydrogen) atoms. The Morgan fingerprint density at radius 1 is 1.62 bits per heavy atom. The van der Waals surface area contributed by atoms with Crippen molar-refractivity contribution in [3.05, 3.63) is 12.4 Å². The van der Waals surface area contributed by atoms with Crippen molar-refractivity contribution in [1.82, 2.24) is 9.80 Å². The van der Waals surface area contributed by atoms with E-state index < -0.39 is 0 Å². The summed E-state index contributed by atoms with van der Waals surface area (Å²) in [4.78, 5) is 3.49. The second-order valence-corrected chi connectivity index (χ2v) is 1.77. The molecule has 0 saturated carbocycles. The number of nitrogens with zero attached hydrogens (tertiary/aromatic N) is 3. The van der Waals surface area contributed by atoms with Crippen LogP contribution < -0.4 is 0 Å². The van der Waals surface area contributed by atoms with Crippen molar-refractivity contribution in [3.63, 3.8) is 0 Å². The highest BCUT2D eigenvalue weighted by molar-refractivity contribution is 4.95. The zero-order chi connectivity index (χ0) is 5.98. The first-order valence-electron chi connectivity index (χ1n) is 2.38. The highest BCUT2D eigenvalue weighted by Crippen LogP contribution is 1.99. The Labute approximate surface area is 48.4 Å². The topological polar surface area (TPSA) is 30.3 Å². The maximum absolute atomic E-state index is 8.28. The van der Waals surface area contributed by atoms with Gasteiger partial charge in [-0.25, -0.2) is 0 Å². The SMILES string of the molecule is CN1C=CN(C#N)C1. The Kier molecular flexibility index (Phi) is 1.09. The normalized spacial score (nSPS) is 17.0. The lowest BCUT2D eigenvalue weighted by atomic mass is 10.8. The average molecular weight is 109 g/mol. The molecule has 0 saturated heterocycles. The van der Waals surface area contributed by atoms with Gasteiger partial charge in [0.25, 0.3) is 0 Å². The van der Waals surface area contributed by atoms with Crippen molar-refractivity contribution >= 4 is 0 Å². The van der Waals surface area contributed by atoms with Gasteiger partial charge in [0.05, 0.1) is 0 Å². The summed E-state index contributed by atoms with van der Waals surface area (Å²) in [6.45, 7) is 0.691. The molecule has 0 aromatic carbocycles. The summed E-state index contributed by atoms with van der Waals surface area (Å²) in [5.74, 6) is 0. The van der Waals surface area contributed by atoms with Crippen LogP contribution in [0.1, 0.15) is 0 Å². The van der Waals surface area contributed by atoms with Crippen LogP contribution in [0.15, 0.2) is 12.4 Å². The second-order valence-electron chi connectivity index (χ2n) is 1.77. The quantitative estimate of drug-likeness (QED) is 0.414. The molecular weight excluding hydrogens is 102 g/mol. The van der Waals surface area contributed by atoms with Gasteiger partial charge in [-0.2, -0.15) is 5.26 Å². The number of hydrogen-bond donors (Lipinski definition) is 0. The van der Waals surface area contributed by atoms with Gasteiger partial charge in [0, 0.05) is 19.4 Å². The Bertz CT molecular complexity index is 144. The minimum Gasteiger partial charge on any atom is -0.361 e. The fourth-order valence-electron chi connectivity index (χ4n) is 0.594. The molecular formula is C5H7N3. The van der Waals surface area contributed by atoms with E-state index >= 15 is 0 Å². The van der Waals surface area contributed by atoms with Crippen LogP contribution in [0, 0.1) is 11.5 Å². The van der Waals surface area contributed by atoms with Crippen LogP contribution in [-0.4, -0.2) is 23.5 Å². The third-order valence-electron chi connectivity index (χ3n) is 1.00. The standard InChI is InChI=1S/C5H7N3/c1-7-2-3-8(4-6)5-7/h2-3H,5H2,1H3. The summed E-state index contributed by atoms with van der Waals surface area (Å²) in [6, 6.07) is 0. The largest absolute Gasteiger partial charge is 0.361 e. The third kappa shape index (κ3) is 0.733.